The monoisotopic (exact) mass is 240 g/mol. The number of morpholine rings is 1. The summed E-state index contributed by atoms with van der Waals surface area (Å²) in [4.78, 5) is 2.61. The zero-order valence-corrected chi connectivity index (χ0v) is 11.2. The van der Waals surface area contributed by atoms with Gasteiger partial charge in [0.1, 0.15) is 0 Å². The number of rotatable bonds is 3. The highest BCUT2D eigenvalue weighted by molar-refractivity contribution is 4.86. The first-order valence-electron chi connectivity index (χ1n) is 7.36. The molecule has 2 N–H and O–H groups in total. The van der Waals surface area contributed by atoms with Crippen molar-refractivity contribution < 1.29 is 4.74 Å². The molecule has 2 rings (SSSR count). The molecule has 0 spiro atoms. The second kappa shape index (κ2) is 6.72. The van der Waals surface area contributed by atoms with Crippen LogP contribution in [0.15, 0.2) is 0 Å². The van der Waals surface area contributed by atoms with Crippen LogP contribution in [0.25, 0.3) is 0 Å². The predicted molar refractivity (Wildman–Crippen MR) is 71.0 cm³/mol. The molecular formula is C14H28N2O. The van der Waals surface area contributed by atoms with E-state index in [9.17, 15) is 0 Å². The van der Waals surface area contributed by atoms with Crippen molar-refractivity contribution in [3.8, 4) is 0 Å². The van der Waals surface area contributed by atoms with E-state index in [4.69, 9.17) is 10.5 Å². The highest BCUT2D eigenvalue weighted by Gasteiger charge is 2.31. The van der Waals surface area contributed by atoms with Crippen LogP contribution in [0.2, 0.25) is 0 Å². The summed E-state index contributed by atoms with van der Waals surface area (Å²) in [7, 11) is 0. The van der Waals surface area contributed by atoms with Gasteiger partial charge in [0.25, 0.3) is 0 Å². The first-order valence-corrected chi connectivity index (χ1v) is 7.36. The van der Waals surface area contributed by atoms with Gasteiger partial charge in [0.05, 0.1) is 13.2 Å². The van der Waals surface area contributed by atoms with Crippen LogP contribution >= 0.6 is 0 Å². The first-order chi connectivity index (χ1) is 8.33. The molecule has 0 amide bonds. The Morgan fingerprint density at radius 1 is 1.24 bits per heavy atom. The Balaban J connectivity index is 1.97. The minimum atomic E-state index is 0.542. The topological polar surface area (TPSA) is 38.5 Å². The molecule has 0 radical (unpaired) electrons. The lowest BCUT2D eigenvalue weighted by atomic mass is 9.89. The van der Waals surface area contributed by atoms with Gasteiger partial charge in [-0.3, -0.25) is 4.90 Å². The van der Waals surface area contributed by atoms with Crippen LogP contribution in [0.3, 0.4) is 0 Å². The molecule has 1 aliphatic carbocycles. The molecule has 1 saturated heterocycles. The van der Waals surface area contributed by atoms with Crippen molar-refractivity contribution in [1.82, 2.24) is 4.90 Å². The van der Waals surface area contributed by atoms with E-state index in [0.29, 0.717) is 12.1 Å². The Morgan fingerprint density at radius 2 is 1.94 bits per heavy atom. The van der Waals surface area contributed by atoms with Crippen molar-refractivity contribution in [3.05, 3.63) is 0 Å². The molecule has 2 atom stereocenters. The third-order valence-corrected chi connectivity index (χ3v) is 4.53. The summed E-state index contributed by atoms with van der Waals surface area (Å²) in [6.07, 6.45) is 8.41. The molecule has 100 valence electrons. The molecule has 0 aromatic rings. The van der Waals surface area contributed by atoms with E-state index in [2.05, 4.69) is 11.8 Å². The number of hydrogen-bond donors (Lipinski definition) is 1. The summed E-state index contributed by atoms with van der Waals surface area (Å²) in [5.41, 5.74) is 6.07. The fourth-order valence-electron chi connectivity index (χ4n) is 3.53. The average molecular weight is 240 g/mol. The molecule has 0 aromatic heterocycles. The lowest BCUT2D eigenvalue weighted by molar-refractivity contribution is -0.0341. The Hall–Kier alpha value is -0.120. The van der Waals surface area contributed by atoms with E-state index >= 15 is 0 Å². The molecule has 17 heavy (non-hydrogen) atoms. The van der Waals surface area contributed by atoms with Crippen molar-refractivity contribution in [2.45, 2.75) is 57.5 Å². The highest BCUT2D eigenvalue weighted by atomic mass is 16.5. The molecular weight excluding hydrogens is 212 g/mol. The lowest BCUT2D eigenvalue weighted by Gasteiger charge is -2.42. The SMILES string of the molecule is CC1COCCN1C(CN)C1CCCCCC1. The van der Waals surface area contributed by atoms with Crippen molar-refractivity contribution in [3.63, 3.8) is 0 Å². The zero-order valence-electron chi connectivity index (χ0n) is 11.2. The van der Waals surface area contributed by atoms with E-state index in [-0.39, 0.29) is 0 Å². The van der Waals surface area contributed by atoms with E-state index in [1.165, 1.54) is 38.5 Å². The Kier molecular flexibility index (Phi) is 5.26. The van der Waals surface area contributed by atoms with Crippen LogP contribution in [0.4, 0.5) is 0 Å². The maximum atomic E-state index is 6.07. The number of nitrogens with zero attached hydrogens (tertiary/aromatic N) is 1. The van der Waals surface area contributed by atoms with Crippen LogP contribution in [-0.4, -0.2) is 43.3 Å². The second-order valence-corrected chi connectivity index (χ2v) is 5.72. The van der Waals surface area contributed by atoms with Crippen molar-refractivity contribution in [2.24, 2.45) is 11.7 Å². The van der Waals surface area contributed by atoms with Gasteiger partial charge in [0, 0.05) is 25.2 Å². The van der Waals surface area contributed by atoms with Gasteiger partial charge >= 0.3 is 0 Å². The smallest absolute Gasteiger partial charge is 0.0619 e. The van der Waals surface area contributed by atoms with Crippen LogP contribution in [0.1, 0.15) is 45.4 Å². The Morgan fingerprint density at radius 3 is 2.53 bits per heavy atom. The summed E-state index contributed by atoms with van der Waals surface area (Å²) < 4.78 is 5.54. The van der Waals surface area contributed by atoms with E-state index < -0.39 is 0 Å². The second-order valence-electron chi connectivity index (χ2n) is 5.72. The maximum Gasteiger partial charge on any atom is 0.0619 e. The van der Waals surface area contributed by atoms with Crippen LogP contribution in [0.5, 0.6) is 0 Å². The summed E-state index contributed by atoms with van der Waals surface area (Å²) in [6, 6.07) is 1.13. The van der Waals surface area contributed by atoms with Crippen LogP contribution in [0, 0.1) is 5.92 Å². The van der Waals surface area contributed by atoms with Crippen molar-refractivity contribution >= 4 is 0 Å². The van der Waals surface area contributed by atoms with Crippen LogP contribution < -0.4 is 5.73 Å². The van der Waals surface area contributed by atoms with Gasteiger partial charge in [-0.15, -0.1) is 0 Å². The summed E-state index contributed by atoms with van der Waals surface area (Å²) in [5.74, 6) is 0.822. The fourth-order valence-corrected chi connectivity index (χ4v) is 3.53. The third kappa shape index (κ3) is 3.43. The van der Waals surface area contributed by atoms with Gasteiger partial charge in [-0.1, -0.05) is 25.7 Å². The minimum absolute atomic E-state index is 0.542. The highest BCUT2D eigenvalue weighted by Crippen LogP contribution is 2.29. The molecule has 2 unspecified atom stereocenters. The molecule has 2 aliphatic rings. The third-order valence-electron chi connectivity index (χ3n) is 4.53. The zero-order chi connectivity index (χ0) is 12.1. The van der Waals surface area contributed by atoms with Crippen molar-refractivity contribution in [1.29, 1.82) is 0 Å². The van der Waals surface area contributed by atoms with Gasteiger partial charge in [-0.2, -0.15) is 0 Å². The van der Waals surface area contributed by atoms with E-state index in [1.807, 2.05) is 0 Å². The van der Waals surface area contributed by atoms with Crippen molar-refractivity contribution in [2.75, 3.05) is 26.3 Å². The molecule has 1 aliphatic heterocycles. The van der Waals surface area contributed by atoms with Gasteiger partial charge < -0.3 is 10.5 Å². The standard InChI is InChI=1S/C14H28N2O/c1-12-11-17-9-8-16(12)14(10-15)13-6-4-2-3-5-7-13/h12-14H,2-11,15H2,1H3. The molecule has 0 bridgehead atoms. The lowest BCUT2D eigenvalue weighted by Crippen LogP contribution is -2.54. The van der Waals surface area contributed by atoms with Gasteiger partial charge in [0.2, 0.25) is 0 Å². The molecule has 1 saturated carbocycles. The van der Waals surface area contributed by atoms with E-state index in [0.717, 1.165) is 32.2 Å². The number of ether oxygens (including phenoxy) is 1. The molecule has 2 fully saturated rings. The largest absolute Gasteiger partial charge is 0.379 e. The molecule has 0 aromatic carbocycles. The number of hydrogen-bond acceptors (Lipinski definition) is 3. The summed E-state index contributed by atoms with van der Waals surface area (Å²) >= 11 is 0. The Bertz CT molecular complexity index is 214. The predicted octanol–water partition coefficient (Wildman–Crippen LogP) is 2.00. The average Bonchev–Trinajstić information content (AvgIpc) is 2.62. The van der Waals surface area contributed by atoms with Gasteiger partial charge in [0.15, 0.2) is 0 Å². The van der Waals surface area contributed by atoms with Gasteiger partial charge in [-0.25, -0.2) is 0 Å². The normalized spacial score (nSPS) is 31.1. The molecule has 3 heteroatoms. The summed E-state index contributed by atoms with van der Waals surface area (Å²) in [6.45, 7) is 5.92. The quantitative estimate of drug-likeness (QED) is 0.767. The van der Waals surface area contributed by atoms with Crippen LogP contribution in [-0.2, 0) is 4.74 Å². The summed E-state index contributed by atoms with van der Waals surface area (Å²) in [5, 5.41) is 0. The van der Waals surface area contributed by atoms with Gasteiger partial charge in [-0.05, 0) is 25.7 Å². The van der Waals surface area contributed by atoms with E-state index in [1.54, 1.807) is 0 Å². The maximum absolute atomic E-state index is 6.07. The minimum Gasteiger partial charge on any atom is -0.379 e. The Labute approximate surface area is 106 Å². The molecule has 1 heterocycles. The fraction of sp³-hybridized carbons (Fsp3) is 1.00. The molecule has 3 nitrogen and oxygen atoms in total. The first kappa shape index (κ1) is 13.3. The number of nitrogens with two attached hydrogens (primary N) is 1.